The summed E-state index contributed by atoms with van der Waals surface area (Å²) in [7, 11) is -2.70. The van der Waals surface area contributed by atoms with Gasteiger partial charge in [0.25, 0.3) is 10.0 Å². The summed E-state index contributed by atoms with van der Waals surface area (Å²) < 4.78 is 59.7. The van der Waals surface area contributed by atoms with Gasteiger partial charge >= 0.3 is 0 Å². The first-order valence-corrected chi connectivity index (χ1v) is 10.6. The van der Waals surface area contributed by atoms with Crippen LogP contribution in [0, 0.1) is 18.6 Å². The highest BCUT2D eigenvalue weighted by Crippen LogP contribution is 2.27. The van der Waals surface area contributed by atoms with E-state index in [-0.39, 0.29) is 16.3 Å². The molecule has 0 bridgehead atoms. The Hall–Kier alpha value is -3.46. The predicted octanol–water partition coefficient (Wildman–Crippen LogP) is 4.12. The zero-order chi connectivity index (χ0) is 22.6. The molecule has 0 heterocycles. The van der Waals surface area contributed by atoms with Gasteiger partial charge in [-0.1, -0.05) is 23.8 Å². The van der Waals surface area contributed by atoms with Gasteiger partial charge in [0.2, 0.25) is 5.91 Å². The molecule has 0 aliphatic carbocycles. The smallest absolute Gasteiger partial charge is 0.264 e. The maximum Gasteiger partial charge on any atom is 0.264 e. The van der Waals surface area contributed by atoms with Gasteiger partial charge in [0.1, 0.15) is 23.9 Å². The van der Waals surface area contributed by atoms with Gasteiger partial charge in [-0.05, 0) is 43.3 Å². The van der Waals surface area contributed by atoms with Gasteiger partial charge < -0.3 is 10.1 Å². The minimum atomic E-state index is -4.14. The Balaban J connectivity index is 1.97. The average molecular weight is 446 g/mol. The van der Waals surface area contributed by atoms with Crippen LogP contribution in [0.1, 0.15) is 5.56 Å². The minimum Gasteiger partial charge on any atom is -0.497 e. The van der Waals surface area contributed by atoms with Crippen LogP contribution in [0.2, 0.25) is 0 Å². The van der Waals surface area contributed by atoms with Crippen molar-refractivity contribution in [3.63, 3.8) is 0 Å². The topological polar surface area (TPSA) is 75.7 Å². The van der Waals surface area contributed by atoms with Crippen molar-refractivity contribution >= 4 is 27.3 Å². The monoisotopic (exact) mass is 446 g/mol. The van der Waals surface area contributed by atoms with E-state index >= 15 is 0 Å². The summed E-state index contributed by atoms with van der Waals surface area (Å²) in [6.45, 7) is 1.18. The summed E-state index contributed by atoms with van der Waals surface area (Å²) in [6.07, 6.45) is 0. The van der Waals surface area contributed by atoms with Gasteiger partial charge in [-0.3, -0.25) is 9.10 Å². The Morgan fingerprint density at radius 2 is 1.74 bits per heavy atom. The molecule has 0 radical (unpaired) electrons. The van der Waals surface area contributed by atoms with E-state index in [2.05, 4.69) is 5.32 Å². The molecule has 3 aromatic rings. The van der Waals surface area contributed by atoms with E-state index in [4.69, 9.17) is 4.74 Å². The zero-order valence-corrected chi connectivity index (χ0v) is 17.6. The van der Waals surface area contributed by atoms with E-state index in [0.29, 0.717) is 11.8 Å². The molecule has 1 N–H and O–H groups in total. The largest absolute Gasteiger partial charge is 0.497 e. The number of halogens is 2. The molecule has 0 spiro atoms. The number of carbonyl (C=O) groups is 1. The molecule has 0 aliphatic rings. The number of rotatable bonds is 7. The first-order chi connectivity index (χ1) is 14.7. The third-order valence-electron chi connectivity index (χ3n) is 4.44. The predicted molar refractivity (Wildman–Crippen MR) is 114 cm³/mol. The Labute approximate surface area is 179 Å². The standard InChI is InChI=1S/C22H20F2N2O4S/c1-15-6-9-19(10-7-15)31(28,29)26(17-4-3-5-18(13-17)30-2)14-22(27)25-21-11-8-16(23)12-20(21)24/h3-13H,14H2,1-2H3,(H,25,27). The lowest BCUT2D eigenvalue weighted by molar-refractivity contribution is -0.114. The highest BCUT2D eigenvalue weighted by molar-refractivity contribution is 7.92. The molecule has 0 unspecified atom stereocenters. The van der Waals surface area contributed by atoms with Crippen LogP contribution in [-0.4, -0.2) is 28.0 Å². The zero-order valence-electron chi connectivity index (χ0n) is 16.8. The van der Waals surface area contributed by atoms with Crippen molar-refractivity contribution in [3.05, 3.63) is 83.9 Å². The molecule has 1 amide bonds. The fraction of sp³-hybridized carbons (Fsp3) is 0.136. The molecule has 31 heavy (non-hydrogen) atoms. The number of benzene rings is 3. The lowest BCUT2D eigenvalue weighted by atomic mass is 10.2. The van der Waals surface area contributed by atoms with Gasteiger partial charge in [0, 0.05) is 12.1 Å². The van der Waals surface area contributed by atoms with Gasteiger partial charge in [0.05, 0.1) is 23.4 Å². The number of methoxy groups -OCH3 is 1. The first-order valence-electron chi connectivity index (χ1n) is 9.19. The molecule has 3 aromatic carbocycles. The molecule has 0 saturated carbocycles. The lowest BCUT2D eigenvalue weighted by Crippen LogP contribution is -2.38. The maximum atomic E-state index is 13.9. The quantitative estimate of drug-likeness (QED) is 0.593. The van der Waals surface area contributed by atoms with Crippen molar-refractivity contribution in [2.24, 2.45) is 0 Å². The number of carbonyl (C=O) groups excluding carboxylic acids is 1. The molecule has 3 rings (SSSR count). The van der Waals surface area contributed by atoms with Crippen LogP contribution in [0.3, 0.4) is 0 Å². The minimum absolute atomic E-state index is 0.0123. The Kier molecular flexibility index (Phi) is 6.55. The van der Waals surface area contributed by atoms with E-state index in [9.17, 15) is 22.0 Å². The molecule has 6 nitrogen and oxygen atoms in total. The molecule has 0 aliphatic heterocycles. The van der Waals surface area contributed by atoms with Crippen LogP contribution in [0.5, 0.6) is 5.75 Å². The van der Waals surface area contributed by atoms with Crippen molar-refractivity contribution < 1.29 is 26.7 Å². The van der Waals surface area contributed by atoms with Crippen molar-refractivity contribution in [1.82, 2.24) is 0 Å². The Morgan fingerprint density at radius 1 is 1.03 bits per heavy atom. The van der Waals surface area contributed by atoms with Crippen LogP contribution < -0.4 is 14.4 Å². The van der Waals surface area contributed by atoms with E-state index in [0.717, 1.165) is 22.0 Å². The van der Waals surface area contributed by atoms with E-state index in [1.165, 1.54) is 31.4 Å². The van der Waals surface area contributed by atoms with Crippen molar-refractivity contribution in [2.75, 3.05) is 23.3 Å². The number of hydrogen-bond donors (Lipinski definition) is 1. The number of anilines is 2. The molecular weight excluding hydrogens is 426 g/mol. The Morgan fingerprint density at radius 3 is 2.39 bits per heavy atom. The number of ether oxygens (including phenoxy) is 1. The van der Waals surface area contributed by atoms with E-state index < -0.39 is 34.1 Å². The molecular formula is C22H20F2N2O4S. The van der Waals surface area contributed by atoms with Crippen LogP contribution in [-0.2, 0) is 14.8 Å². The summed E-state index contributed by atoms with van der Waals surface area (Å²) in [5, 5.41) is 2.28. The average Bonchev–Trinajstić information content (AvgIpc) is 2.74. The van der Waals surface area contributed by atoms with Crippen molar-refractivity contribution in [3.8, 4) is 5.75 Å². The van der Waals surface area contributed by atoms with Crippen molar-refractivity contribution in [2.45, 2.75) is 11.8 Å². The molecule has 9 heteroatoms. The second-order valence-corrected chi connectivity index (χ2v) is 8.56. The normalized spacial score (nSPS) is 11.1. The van der Waals surface area contributed by atoms with Gasteiger partial charge in [-0.2, -0.15) is 0 Å². The summed E-state index contributed by atoms with van der Waals surface area (Å²) >= 11 is 0. The SMILES string of the molecule is COc1cccc(N(CC(=O)Nc2ccc(F)cc2F)S(=O)(=O)c2ccc(C)cc2)c1. The third-order valence-corrected chi connectivity index (χ3v) is 6.23. The summed E-state index contributed by atoms with van der Waals surface area (Å²) in [6, 6.07) is 15.0. The molecule has 0 atom stereocenters. The molecule has 0 fully saturated rings. The summed E-state index contributed by atoms with van der Waals surface area (Å²) in [4.78, 5) is 12.6. The highest BCUT2D eigenvalue weighted by Gasteiger charge is 2.28. The fourth-order valence-electron chi connectivity index (χ4n) is 2.83. The highest BCUT2D eigenvalue weighted by atomic mass is 32.2. The van der Waals surface area contributed by atoms with E-state index in [1.54, 1.807) is 24.3 Å². The van der Waals surface area contributed by atoms with Crippen LogP contribution >= 0.6 is 0 Å². The number of aryl methyl sites for hydroxylation is 1. The second-order valence-electron chi connectivity index (χ2n) is 6.70. The van der Waals surface area contributed by atoms with Crippen LogP contribution in [0.4, 0.5) is 20.2 Å². The third kappa shape index (κ3) is 5.18. The van der Waals surface area contributed by atoms with Crippen LogP contribution in [0.15, 0.2) is 71.6 Å². The molecule has 162 valence electrons. The number of hydrogen-bond acceptors (Lipinski definition) is 4. The summed E-state index contributed by atoms with van der Waals surface area (Å²) in [5.41, 5.74) is 0.802. The van der Waals surface area contributed by atoms with Gasteiger partial charge in [-0.25, -0.2) is 17.2 Å². The molecule has 0 saturated heterocycles. The number of sulfonamides is 1. The lowest BCUT2D eigenvalue weighted by Gasteiger charge is -2.24. The number of nitrogens with zero attached hydrogens (tertiary/aromatic N) is 1. The van der Waals surface area contributed by atoms with E-state index in [1.807, 2.05) is 6.92 Å². The second kappa shape index (κ2) is 9.13. The first kappa shape index (κ1) is 22.2. The summed E-state index contributed by atoms with van der Waals surface area (Å²) in [5.74, 6) is -2.17. The number of nitrogens with one attached hydrogen (secondary N) is 1. The van der Waals surface area contributed by atoms with Crippen LogP contribution in [0.25, 0.3) is 0 Å². The molecule has 0 aromatic heterocycles. The van der Waals surface area contributed by atoms with Crippen molar-refractivity contribution in [1.29, 1.82) is 0 Å². The maximum absolute atomic E-state index is 13.9. The van der Waals surface area contributed by atoms with Gasteiger partial charge in [-0.15, -0.1) is 0 Å². The fourth-order valence-corrected chi connectivity index (χ4v) is 4.24. The number of amides is 1. The van der Waals surface area contributed by atoms with Gasteiger partial charge in [0.15, 0.2) is 0 Å². The Bertz CT molecular complexity index is 1200.